The zero-order chi connectivity index (χ0) is 24.1. The summed E-state index contributed by atoms with van der Waals surface area (Å²) < 4.78 is 5.41. The van der Waals surface area contributed by atoms with Gasteiger partial charge in [-0.1, -0.05) is 72.8 Å². The third-order valence-corrected chi connectivity index (χ3v) is 7.01. The fourth-order valence-corrected chi connectivity index (χ4v) is 5.35. The first-order chi connectivity index (χ1) is 17.8. The lowest BCUT2D eigenvalue weighted by molar-refractivity contribution is 0.415. The molecule has 0 aliphatic carbocycles. The van der Waals surface area contributed by atoms with Gasteiger partial charge in [-0.3, -0.25) is 4.98 Å². The molecule has 0 aliphatic rings. The van der Waals surface area contributed by atoms with Crippen LogP contribution in [-0.4, -0.2) is 17.1 Å². The van der Waals surface area contributed by atoms with Crippen LogP contribution in [0.25, 0.3) is 65.7 Å². The fraction of sp³-hybridized carbons (Fsp3) is 0.0303. The Morgan fingerprint density at radius 2 is 1.17 bits per heavy atom. The number of ether oxygens (including phenoxy) is 1. The molecule has 3 heteroatoms. The number of benzene rings is 5. The number of pyridine rings is 2. The first kappa shape index (κ1) is 20.6. The number of nitrogens with zero attached hydrogens (tertiary/aromatic N) is 2. The largest absolute Gasteiger partial charge is 0.497 e. The molecule has 0 spiro atoms. The number of fused-ring (bicyclic) bond motifs is 5. The summed E-state index contributed by atoms with van der Waals surface area (Å²) >= 11 is 0. The minimum Gasteiger partial charge on any atom is -0.497 e. The van der Waals surface area contributed by atoms with Crippen LogP contribution in [0.3, 0.4) is 0 Å². The lowest BCUT2D eigenvalue weighted by Gasteiger charge is -2.17. The summed E-state index contributed by atoms with van der Waals surface area (Å²) in [6.45, 7) is 0. The Morgan fingerprint density at radius 3 is 1.83 bits per heavy atom. The van der Waals surface area contributed by atoms with Crippen LogP contribution < -0.4 is 4.74 Å². The summed E-state index contributed by atoms with van der Waals surface area (Å²) in [6, 6.07) is 38.2. The molecule has 0 radical (unpaired) electrons. The molecule has 0 atom stereocenters. The Hall–Kier alpha value is -4.76. The van der Waals surface area contributed by atoms with Gasteiger partial charge in [0.2, 0.25) is 0 Å². The molecule has 36 heavy (non-hydrogen) atoms. The SMILES string of the molecule is COc1ccc(-c2c3ccccc3c(-c3ccc4ccc5ncccc5c4n3)c3ccccc23)cc1. The molecule has 0 aliphatic heterocycles. The van der Waals surface area contributed by atoms with Gasteiger partial charge in [0, 0.05) is 22.5 Å². The molecule has 0 fully saturated rings. The van der Waals surface area contributed by atoms with E-state index in [4.69, 9.17) is 9.72 Å². The van der Waals surface area contributed by atoms with Crippen molar-refractivity contribution in [3.8, 4) is 28.1 Å². The Bertz CT molecular complexity index is 1870. The predicted molar refractivity (Wildman–Crippen MR) is 149 cm³/mol. The van der Waals surface area contributed by atoms with E-state index < -0.39 is 0 Å². The lowest BCUT2D eigenvalue weighted by atomic mass is 9.87. The molecule has 170 valence electrons. The highest BCUT2D eigenvalue weighted by Crippen LogP contribution is 2.43. The van der Waals surface area contributed by atoms with Crippen LogP contribution in [0, 0.1) is 0 Å². The second-order valence-corrected chi connectivity index (χ2v) is 8.97. The Balaban J connectivity index is 1.59. The van der Waals surface area contributed by atoms with Crippen LogP contribution in [0.5, 0.6) is 5.75 Å². The van der Waals surface area contributed by atoms with Crippen molar-refractivity contribution < 1.29 is 4.74 Å². The van der Waals surface area contributed by atoms with Crippen LogP contribution in [0.15, 0.2) is 115 Å². The molecule has 2 aromatic heterocycles. The van der Waals surface area contributed by atoms with Gasteiger partial charge in [-0.05, 0) is 69.1 Å². The van der Waals surface area contributed by atoms with Gasteiger partial charge in [0.05, 0.1) is 23.8 Å². The summed E-state index contributed by atoms with van der Waals surface area (Å²) in [5, 5.41) is 6.97. The van der Waals surface area contributed by atoms with Gasteiger partial charge in [0.1, 0.15) is 5.75 Å². The van der Waals surface area contributed by atoms with E-state index in [-0.39, 0.29) is 0 Å². The van der Waals surface area contributed by atoms with Crippen LogP contribution in [0.2, 0.25) is 0 Å². The third-order valence-electron chi connectivity index (χ3n) is 7.01. The number of hydrogen-bond acceptors (Lipinski definition) is 3. The molecular weight excluding hydrogens is 440 g/mol. The molecular formula is C33H22N2O. The second kappa shape index (κ2) is 8.17. The van der Waals surface area contributed by atoms with Crippen molar-refractivity contribution in [3.63, 3.8) is 0 Å². The van der Waals surface area contributed by atoms with Gasteiger partial charge in [0.25, 0.3) is 0 Å². The first-order valence-corrected chi connectivity index (χ1v) is 12.0. The summed E-state index contributed by atoms with van der Waals surface area (Å²) in [5.41, 5.74) is 6.44. The Labute approximate surface area is 208 Å². The molecule has 7 aromatic rings. The molecule has 7 rings (SSSR count). The summed E-state index contributed by atoms with van der Waals surface area (Å²) in [6.07, 6.45) is 1.83. The standard InChI is InChI=1S/C33H22N2O/c1-36-23-16-12-21(13-17-23)31-24-7-2-4-9-26(24)32(27-10-5-3-8-25(27)31)30-19-15-22-14-18-29-28(33(22)35-30)11-6-20-34-29/h2-20H,1H3. The molecule has 3 nitrogen and oxygen atoms in total. The van der Waals surface area contributed by atoms with Crippen molar-refractivity contribution in [2.75, 3.05) is 7.11 Å². The van der Waals surface area contributed by atoms with Gasteiger partial charge in [-0.15, -0.1) is 0 Å². The van der Waals surface area contributed by atoms with Crippen molar-refractivity contribution in [3.05, 3.63) is 115 Å². The average molecular weight is 463 g/mol. The van der Waals surface area contributed by atoms with E-state index in [1.165, 1.54) is 32.7 Å². The molecule has 0 amide bonds. The first-order valence-electron chi connectivity index (χ1n) is 12.0. The predicted octanol–water partition coefficient (Wildman–Crippen LogP) is 8.43. The minimum atomic E-state index is 0.853. The van der Waals surface area contributed by atoms with E-state index in [1.807, 2.05) is 24.4 Å². The summed E-state index contributed by atoms with van der Waals surface area (Å²) in [5.74, 6) is 0.853. The molecule has 0 unspecified atom stereocenters. The van der Waals surface area contributed by atoms with Crippen molar-refractivity contribution in [1.82, 2.24) is 9.97 Å². The van der Waals surface area contributed by atoms with E-state index in [9.17, 15) is 0 Å². The van der Waals surface area contributed by atoms with Crippen LogP contribution in [0.1, 0.15) is 0 Å². The maximum Gasteiger partial charge on any atom is 0.118 e. The van der Waals surface area contributed by atoms with E-state index in [0.717, 1.165) is 38.8 Å². The smallest absolute Gasteiger partial charge is 0.118 e. The van der Waals surface area contributed by atoms with E-state index >= 15 is 0 Å². The molecule has 0 bridgehead atoms. The molecule has 5 aromatic carbocycles. The zero-order valence-electron chi connectivity index (χ0n) is 19.8. The molecule has 0 saturated heterocycles. The summed E-state index contributed by atoms with van der Waals surface area (Å²) in [4.78, 5) is 9.78. The van der Waals surface area contributed by atoms with Crippen molar-refractivity contribution >= 4 is 43.4 Å². The number of methoxy groups -OCH3 is 1. The average Bonchev–Trinajstić information content (AvgIpc) is 2.95. The maximum atomic E-state index is 5.41. The third kappa shape index (κ3) is 3.14. The highest BCUT2D eigenvalue weighted by molar-refractivity contribution is 6.21. The molecule has 2 heterocycles. The maximum absolute atomic E-state index is 5.41. The van der Waals surface area contributed by atoms with E-state index in [2.05, 4.69) is 96.0 Å². The monoisotopic (exact) mass is 462 g/mol. The number of rotatable bonds is 3. The van der Waals surface area contributed by atoms with E-state index in [1.54, 1.807) is 7.11 Å². The lowest BCUT2D eigenvalue weighted by Crippen LogP contribution is -1.93. The van der Waals surface area contributed by atoms with Gasteiger partial charge < -0.3 is 4.74 Å². The molecule has 0 saturated carbocycles. The van der Waals surface area contributed by atoms with Crippen molar-refractivity contribution in [1.29, 1.82) is 0 Å². The van der Waals surface area contributed by atoms with Crippen molar-refractivity contribution in [2.45, 2.75) is 0 Å². The van der Waals surface area contributed by atoms with Crippen LogP contribution in [-0.2, 0) is 0 Å². The summed E-state index contributed by atoms with van der Waals surface area (Å²) in [7, 11) is 1.70. The Kier molecular flexibility index (Phi) is 4.68. The van der Waals surface area contributed by atoms with Gasteiger partial charge in [-0.25, -0.2) is 4.98 Å². The zero-order valence-corrected chi connectivity index (χ0v) is 19.8. The van der Waals surface area contributed by atoms with Gasteiger partial charge >= 0.3 is 0 Å². The van der Waals surface area contributed by atoms with Gasteiger partial charge in [0.15, 0.2) is 0 Å². The van der Waals surface area contributed by atoms with Crippen molar-refractivity contribution in [2.24, 2.45) is 0 Å². The highest BCUT2D eigenvalue weighted by atomic mass is 16.5. The second-order valence-electron chi connectivity index (χ2n) is 8.97. The quantitative estimate of drug-likeness (QED) is 0.195. The Morgan fingerprint density at radius 1 is 0.556 bits per heavy atom. The topological polar surface area (TPSA) is 35.0 Å². The number of aromatic nitrogens is 2. The normalized spacial score (nSPS) is 11.5. The van der Waals surface area contributed by atoms with Crippen LogP contribution in [0.4, 0.5) is 0 Å². The van der Waals surface area contributed by atoms with Gasteiger partial charge in [-0.2, -0.15) is 0 Å². The van der Waals surface area contributed by atoms with E-state index in [0.29, 0.717) is 0 Å². The molecule has 0 N–H and O–H groups in total. The fourth-order valence-electron chi connectivity index (χ4n) is 5.35. The number of hydrogen-bond donors (Lipinski definition) is 0. The van der Waals surface area contributed by atoms with Crippen LogP contribution >= 0.6 is 0 Å². The minimum absolute atomic E-state index is 0.853. The highest BCUT2D eigenvalue weighted by Gasteiger charge is 2.17.